The van der Waals surface area contributed by atoms with Gasteiger partial charge in [-0.2, -0.15) is 13.5 Å². The van der Waals surface area contributed by atoms with Crippen LogP contribution in [0.4, 0.5) is 0 Å². The number of carbonyl (C=O) groups excluding carboxylic acids is 1. The van der Waals surface area contributed by atoms with E-state index in [2.05, 4.69) is 0 Å². The van der Waals surface area contributed by atoms with Crippen molar-refractivity contribution in [2.75, 3.05) is 6.61 Å². The Morgan fingerprint density at radius 1 is 1.40 bits per heavy atom. The number of rotatable bonds is 4. The van der Waals surface area contributed by atoms with Gasteiger partial charge in [0.1, 0.15) is 0 Å². The molecular formula is C13H17ClO4S2. The fraction of sp³-hybridized carbons (Fsp3) is 0.462. The van der Waals surface area contributed by atoms with Crippen LogP contribution in [0.2, 0.25) is 5.02 Å². The Hall–Kier alpha value is -0.720. The Morgan fingerprint density at radius 2 is 2.10 bits per heavy atom. The number of sulfone groups is 1. The number of hydrogen-bond donors (Lipinski definition) is 0. The van der Waals surface area contributed by atoms with Crippen molar-refractivity contribution in [1.29, 1.82) is 0 Å². The third kappa shape index (κ3) is 3.30. The van der Waals surface area contributed by atoms with Gasteiger partial charge in [0, 0.05) is 10.9 Å². The van der Waals surface area contributed by atoms with Crippen molar-refractivity contribution in [3.05, 3.63) is 29.3 Å². The van der Waals surface area contributed by atoms with E-state index >= 15 is 0 Å². The SMILES string of the molecule is CCC[C@H]1COC(=O)C1S(=O)(=O)c1cccc(Cl)c1.S. The second-order valence-electron chi connectivity index (χ2n) is 4.60. The van der Waals surface area contributed by atoms with Crippen LogP contribution in [0.15, 0.2) is 29.2 Å². The van der Waals surface area contributed by atoms with Crippen molar-refractivity contribution in [3.63, 3.8) is 0 Å². The third-order valence-electron chi connectivity index (χ3n) is 3.22. The maximum absolute atomic E-state index is 12.5. The maximum Gasteiger partial charge on any atom is 0.325 e. The molecule has 1 fully saturated rings. The Balaban J connectivity index is 0.00000200. The van der Waals surface area contributed by atoms with Crippen LogP contribution in [-0.2, 0) is 19.4 Å². The first kappa shape index (κ1) is 17.3. The summed E-state index contributed by atoms with van der Waals surface area (Å²) in [4.78, 5) is 11.8. The maximum atomic E-state index is 12.5. The van der Waals surface area contributed by atoms with E-state index in [4.69, 9.17) is 16.3 Å². The van der Waals surface area contributed by atoms with E-state index in [9.17, 15) is 13.2 Å². The largest absolute Gasteiger partial charge is 0.464 e. The minimum absolute atomic E-state index is 0. The quantitative estimate of drug-likeness (QED) is 0.793. The van der Waals surface area contributed by atoms with Crippen LogP contribution in [0.1, 0.15) is 19.8 Å². The fourth-order valence-electron chi connectivity index (χ4n) is 2.33. The number of halogens is 1. The third-order valence-corrected chi connectivity index (χ3v) is 5.61. The Labute approximate surface area is 130 Å². The molecule has 1 aromatic rings. The number of carbonyl (C=O) groups is 1. The molecule has 0 saturated carbocycles. The van der Waals surface area contributed by atoms with Crippen LogP contribution in [-0.4, -0.2) is 26.2 Å². The van der Waals surface area contributed by atoms with Crippen LogP contribution in [0.25, 0.3) is 0 Å². The van der Waals surface area contributed by atoms with Gasteiger partial charge >= 0.3 is 5.97 Å². The fourth-order valence-corrected chi connectivity index (χ4v) is 4.48. The van der Waals surface area contributed by atoms with Gasteiger partial charge in [0.25, 0.3) is 0 Å². The van der Waals surface area contributed by atoms with E-state index in [0.29, 0.717) is 11.4 Å². The van der Waals surface area contributed by atoms with Gasteiger partial charge in [-0.1, -0.05) is 31.0 Å². The minimum atomic E-state index is -3.74. The predicted molar refractivity (Wildman–Crippen MR) is 82.2 cm³/mol. The molecule has 7 heteroatoms. The topological polar surface area (TPSA) is 60.4 Å². The molecule has 1 saturated heterocycles. The average Bonchev–Trinajstić information content (AvgIpc) is 2.71. The molecule has 0 bridgehead atoms. The molecule has 0 amide bonds. The summed E-state index contributed by atoms with van der Waals surface area (Å²) in [6.07, 6.45) is 1.46. The van der Waals surface area contributed by atoms with Crippen LogP contribution in [0.5, 0.6) is 0 Å². The Morgan fingerprint density at radius 3 is 2.70 bits per heavy atom. The van der Waals surface area contributed by atoms with Gasteiger partial charge in [-0.25, -0.2) is 8.42 Å². The molecule has 1 aromatic carbocycles. The van der Waals surface area contributed by atoms with E-state index in [1.54, 1.807) is 12.1 Å². The van der Waals surface area contributed by atoms with E-state index in [-0.39, 0.29) is 30.9 Å². The molecule has 1 aliphatic rings. The Kier molecular flexibility index (Phi) is 5.91. The highest BCUT2D eigenvalue weighted by Gasteiger charge is 2.46. The lowest BCUT2D eigenvalue weighted by Crippen LogP contribution is -2.32. The van der Waals surface area contributed by atoms with Crippen molar-refractivity contribution < 1.29 is 17.9 Å². The van der Waals surface area contributed by atoms with Gasteiger partial charge in [0.2, 0.25) is 0 Å². The Bertz CT molecular complexity index is 586. The summed E-state index contributed by atoms with van der Waals surface area (Å²) < 4.78 is 30.0. The summed E-state index contributed by atoms with van der Waals surface area (Å²) >= 11 is 5.81. The van der Waals surface area contributed by atoms with Gasteiger partial charge < -0.3 is 4.74 Å². The summed E-state index contributed by atoms with van der Waals surface area (Å²) in [5.41, 5.74) is 0. The monoisotopic (exact) mass is 336 g/mol. The minimum Gasteiger partial charge on any atom is -0.464 e. The van der Waals surface area contributed by atoms with Gasteiger partial charge in [0.15, 0.2) is 15.1 Å². The average molecular weight is 337 g/mol. The first-order valence-electron chi connectivity index (χ1n) is 6.13. The van der Waals surface area contributed by atoms with Gasteiger partial charge in [-0.3, -0.25) is 4.79 Å². The highest BCUT2D eigenvalue weighted by Crippen LogP contribution is 2.31. The molecule has 2 atom stereocenters. The normalized spacial score (nSPS) is 22.2. The summed E-state index contributed by atoms with van der Waals surface area (Å²) in [6.45, 7) is 2.13. The number of ether oxygens (including phenoxy) is 1. The zero-order valence-corrected chi connectivity index (χ0v) is 13.6. The summed E-state index contributed by atoms with van der Waals surface area (Å²) in [7, 11) is -3.74. The lowest BCUT2D eigenvalue weighted by Gasteiger charge is -2.15. The van der Waals surface area contributed by atoms with Crippen molar-refractivity contribution in [2.24, 2.45) is 5.92 Å². The van der Waals surface area contributed by atoms with Crippen LogP contribution in [0, 0.1) is 5.92 Å². The molecule has 1 unspecified atom stereocenters. The molecule has 0 aromatic heterocycles. The zero-order valence-electron chi connectivity index (χ0n) is 11.0. The molecule has 0 N–H and O–H groups in total. The molecule has 1 aliphatic heterocycles. The lowest BCUT2D eigenvalue weighted by atomic mass is 10.0. The molecule has 2 rings (SSSR count). The van der Waals surface area contributed by atoms with Crippen molar-refractivity contribution >= 4 is 40.9 Å². The van der Waals surface area contributed by atoms with Gasteiger partial charge in [-0.05, 0) is 24.6 Å². The second kappa shape index (κ2) is 6.83. The first-order chi connectivity index (χ1) is 8.96. The molecule has 0 spiro atoms. The number of benzene rings is 1. The molecule has 112 valence electrons. The van der Waals surface area contributed by atoms with Crippen LogP contribution in [0.3, 0.4) is 0 Å². The molecule has 4 nitrogen and oxygen atoms in total. The van der Waals surface area contributed by atoms with Gasteiger partial charge in [-0.15, -0.1) is 0 Å². The lowest BCUT2D eigenvalue weighted by molar-refractivity contribution is -0.137. The molecule has 20 heavy (non-hydrogen) atoms. The van der Waals surface area contributed by atoms with Crippen molar-refractivity contribution in [1.82, 2.24) is 0 Å². The molecule has 0 radical (unpaired) electrons. The number of esters is 1. The zero-order chi connectivity index (χ0) is 14.0. The highest BCUT2D eigenvalue weighted by molar-refractivity contribution is 7.92. The van der Waals surface area contributed by atoms with E-state index < -0.39 is 21.1 Å². The standard InChI is InChI=1S/C13H15ClO4S.H2S/c1-2-4-9-8-18-13(15)12(9)19(16,17)11-6-3-5-10(14)7-11;/h3,5-7,9,12H,2,4,8H2,1H3;1H2/t9-,12?;/m0./s1. The van der Waals surface area contributed by atoms with E-state index in [0.717, 1.165) is 6.42 Å². The summed E-state index contributed by atoms with van der Waals surface area (Å²) in [5, 5.41) is -0.773. The molecular weight excluding hydrogens is 320 g/mol. The highest BCUT2D eigenvalue weighted by atomic mass is 35.5. The number of cyclic esters (lactones) is 1. The summed E-state index contributed by atoms with van der Waals surface area (Å²) in [5.74, 6) is -0.931. The summed E-state index contributed by atoms with van der Waals surface area (Å²) in [6, 6.07) is 5.97. The smallest absolute Gasteiger partial charge is 0.325 e. The van der Waals surface area contributed by atoms with Crippen LogP contribution < -0.4 is 0 Å². The van der Waals surface area contributed by atoms with Crippen molar-refractivity contribution in [3.8, 4) is 0 Å². The van der Waals surface area contributed by atoms with Crippen molar-refractivity contribution in [2.45, 2.75) is 29.9 Å². The predicted octanol–water partition coefficient (Wildman–Crippen LogP) is 2.57. The molecule has 1 heterocycles. The van der Waals surface area contributed by atoms with Gasteiger partial charge in [0.05, 0.1) is 11.5 Å². The second-order valence-corrected chi connectivity index (χ2v) is 7.11. The van der Waals surface area contributed by atoms with Crippen LogP contribution >= 0.6 is 25.1 Å². The van der Waals surface area contributed by atoms with E-state index in [1.807, 2.05) is 6.92 Å². The number of hydrogen-bond acceptors (Lipinski definition) is 4. The van der Waals surface area contributed by atoms with E-state index in [1.165, 1.54) is 12.1 Å². The first-order valence-corrected chi connectivity index (χ1v) is 8.05. The molecule has 0 aliphatic carbocycles.